The normalized spacial score (nSPS) is 10.9. The van der Waals surface area contributed by atoms with Gasteiger partial charge in [0.2, 0.25) is 0 Å². The summed E-state index contributed by atoms with van der Waals surface area (Å²) in [6.07, 6.45) is 1.41. The number of amides is 1. The first-order chi connectivity index (χ1) is 16.5. The summed E-state index contributed by atoms with van der Waals surface area (Å²) in [5.41, 5.74) is 4.42. The molecule has 0 saturated carbocycles. The number of fused-ring (bicyclic) bond motifs is 1. The number of benzene rings is 3. The number of nitrogens with one attached hydrogen (secondary N) is 1. The van der Waals surface area contributed by atoms with Gasteiger partial charge >= 0.3 is 5.97 Å². The maximum atomic E-state index is 12.3. The number of hydrogen-bond acceptors (Lipinski definition) is 9. The Kier molecular flexibility index (Phi) is 6.94. The smallest absolute Gasteiger partial charge is 0.343 e. The molecule has 0 unspecified atom stereocenters. The molecule has 1 amide bonds. The van der Waals surface area contributed by atoms with E-state index in [4.69, 9.17) is 9.15 Å². The molecule has 10 nitrogen and oxygen atoms in total. The van der Waals surface area contributed by atoms with Crippen LogP contribution >= 0.6 is 11.8 Å². The van der Waals surface area contributed by atoms with E-state index in [1.807, 2.05) is 18.2 Å². The second-order valence-corrected chi connectivity index (χ2v) is 7.72. The van der Waals surface area contributed by atoms with Gasteiger partial charge in [-0.25, -0.2) is 15.2 Å². The molecule has 0 radical (unpaired) electrons. The highest BCUT2D eigenvalue weighted by atomic mass is 32.2. The van der Waals surface area contributed by atoms with Crippen molar-refractivity contribution in [1.82, 2.24) is 10.4 Å². The lowest BCUT2D eigenvalue weighted by Crippen LogP contribution is -2.19. The van der Waals surface area contributed by atoms with Crippen molar-refractivity contribution in [1.29, 1.82) is 0 Å². The maximum Gasteiger partial charge on any atom is 0.343 e. The number of rotatable bonds is 8. The number of hydrazone groups is 1. The van der Waals surface area contributed by atoms with Crippen LogP contribution in [0.1, 0.15) is 15.9 Å². The summed E-state index contributed by atoms with van der Waals surface area (Å²) in [7, 11) is 0. The molecule has 0 aliphatic rings. The Balaban J connectivity index is 1.29. The molecule has 11 heteroatoms. The van der Waals surface area contributed by atoms with E-state index in [2.05, 4.69) is 15.5 Å². The van der Waals surface area contributed by atoms with Gasteiger partial charge in [0.1, 0.15) is 11.3 Å². The Hall–Kier alpha value is -4.51. The summed E-state index contributed by atoms with van der Waals surface area (Å²) in [5.74, 6) is -0.681. The summed E-state index contributed by atoms with van der Waals surface area (Å²) < 4.78 is 10.9. The minimum Gasteiger partial charge on any atom is -0.431 e. The lowest BCUT2D eigenvalue weighted by Gasteiger charge is -2.05. The van der Waals surface area contributed by atoms with Crippen molar-refractivity contribution in [3.05, 3.63) is 94.0 Å². The predicted molar refractivity (Wildman–Crippen MR) is 125 cm³/mol. The van der Waals surface area contributed by atoms with Crippen molar-refractivity contribution < 1.29 is 23.7 Å². The van der Waals surface area contributed by atoms with Gasteiger partial charge in [-0.3, -0.25) is 14.9 Å². The monoisotopic (exact) mass is 476 g/mol. The number of nitro groups is 1. The predicted octanol–water partition coefficient (Wildman–Crippen LogP) is 4.20. The first-order valence-electron chi connectivity index (χ1n) is 9.85. The lowest BCUT2D eigenvalue weighted by atomic mass is 10.2. The van der Waals surface area contributed by atoms with Gasteiger partial charge in [-0.05, 0) is 42.0 Å². The third-order valence-electron chi connectivity index (χ3n) is 4.39. The second kappa shape index (κ2) is 10.4. The Morgan fingerprint density at radius 3 is 2.68 bits per heavy atom. The first-order valence-corrected chi connectivity index (χ1v) is 10.8. The van der Waals surface area contributed by atoms with E-state index in [9.17, 15) is 19.7 Å². The fourth-order valence-corrected chi connectivity index (χ4v) is 3.43. The first kappa shape index (κ1) is 22.7. The van der Waals surface area contributed by atoms with Gasteiger partial charge in [0.25, 0.3) is 16.8 Å². The molecular formula is C23H16N4O6S. The van der Waals surface area contributed by atoms with E-state index >= 15 is 0 Å². The number of carbonyl (C=O) groups excluding carboxylic acids is 2. The zero-order valence-corrected chi connectivity index (χ0v) is 18.2. The highest BCUT2D eigenvalue weighted by Gasteiger charge is 2.12. The zero-order valence-electron chi connectivity index (χ0n) is 17.4. The van der Waals surface area contributed by atoms with Gasteiger partial charge in [-0.15, -0.1) is 0 Å². The van der Waals surface area contributed by atoms with Crippen LogP contribution in [0.5, 0.6) is 5.75 Å². The topological polar surface area (TPSA) is 137 Å². The third-order valence-corrected chi connectivity index (χ3v) is 5.21. The van der Waals surface area contributed by atoms with Crippen LogP contribution in [0.15, 0.2) is 87.5 Å². The van der Waals surface area contributed by atoms with Crippen LogP contribution in [0.3, 0.4) is 0 Å². The number of ether oxygens (including phenoxy) is 1. The van der Waals surface area contributed by atoms with Crippen molar-refractivity contribution in [3.63, 3.8) is 0 Å². The van der Waals surface area contributed by atoms with Crippen molar-refractivity contribution >= 4 is 46.6 Å². The molecule has 170 valence electrons. The fourth-order valence-electron chi connectivity index (χ4n) is 2.79. The van der Waals surface area contributed by atoms with E-state index in [-0.39, 0.29) is 28.7 Å². The van der Waals surface area contributed by atoms with E-state index in [0.717, 1.165) is 17.3 Å². The molecule has 0 atom stereocenters. The summed E-state index contributed by atoms with van der Waals surface area (Å²) in [6, 6.07) is 18.9. The Morgan fingerprint density at radius 2 is 1.91 bits per heavy atom. The third kappa shape index (κ3) is 5.84. The Bertz CT molecular complexity index is 1350. The van der Waals surface area contributed by atoms with Crippen LogP contribution in [0.25, 0.3) is 11.1 Å². The van der Waals surface area contributed by atoms with Crippen molar-refractivity contribution in [2.75, 3.05) is 5.75 Å². The van der Waals surface area contributed by atoms with Crippen LogP contribution in [-0.4, -0.2) is 33.8 Å². The van der Waals surface area contributed by atoms with Crippen LogP contribution in [0.4, 0.5) is 5.69 Å². The summed E-state index contributed by atoms with van der Waals surface area (Å²) in [4.78, 5) is 38.7. The van der Waals surface area contributed by atoms with Gasteiger partial charge in [-0.1, -0.05) is 36.0 Å². The van der Waals surface area contributed by atoms with Gasteiger partial charge in [0.15, 0.2) is 5.58 Å². The number of carbonyl (C=O) groups is 2. The molecule has 1 aromatic heterocycles. The van der Waals surface area contributed by atoms with E-state index in [1.165, 1.54) is 30.5 Å². The molecule has 4 rings (SSSR count). The molecule has 3 aromatic carbocycles. The van der Waals surface area contributed by atoms with Crippen LogP contribution in [-0.2, 0) is 4.79 Å². The zero-order chi connectivity index (χ0) is 23.9. The summed E-state index contributed by atoms with van der Waals surface area (Å²) in [6.45, 7) is 0. The average molecular weight is 476 g/mol. The molecule has 1 N–H and O–H groups in total. The van der Waals surface area contributed by atoms with Crippen LogP contribution in [0, 0.1) is 10.1 Å². The molecule has 0 aliphatic heterocycles. The highest BCUT2D eigenvalue weighted by molar-refractivity contribution is 7.99. The highest BCUT2D eigenvalue weighted by Crippen LogP contribution is 2.23. The summed E-state index contributed by atoms with van der Waals surface area (Å²) in [5, 5.41) is 15.0. The van der Waals surface area contributed by atoms with Gasteiger partial charge < -0.3 is 9.15 Å². The van der Waals surface area contributed by atoms with Crippen molar-refractivity contribution in [3.8, 4) is 5.75 Å². The maximum absolute atomic E-state index is 12.3. The molecule has 4 aromatic rings. The molecule has 34 heavy (non-hydrogen) atoms. The number of nitrogens with zero attached hydrogens (tertiary/aromatic N) is 3. The van der Waals surface area contributed by atoms with Crippen molar-refractivity contribution in [2.24, 2.45) is 5.10 Å². The van der Waals surface area contributed by atoms with Crippen LogP contribution < -0.4 is 10.2 Å². The SMILES string of the molecule is O=C(CSc1nc2ccccc2o1)N/N=C\c1cccc(OC(=O)c2ccc([N+](=O)[O-])cc2)c1. The molecule has 0 saturated heterocycles. The summed E-state index contributed by atoms with van der Waals surface area (Å²) >= 11 is 1.15. The standard InChI is InChI=1S/C23H16N4O6S/c28-21(14-34-23-25-19-6-1-2-7-20(19)33-23)26-24-13-15-4-3-5-18(12-15)32-22(29)16-8-10-17(11-9-16)27(30)31/h1-13H,14H2,(H,26,28)/b24-13-. The lowest BCUT2D eigenvalue weighted by molar-refractivity contribution is -0.384. The van der Waals surface area contributed by atoms with E-state index in [0.29, 0.717) is 16.4 Å². The minimum atomic E-state index is -0.659. The Labute approximate surface area is 196 Å². The Morgan fingerprint density at radius 1 is 1.12 bits per heavy atom. The number of hydrogen-bond donors (Lipinski definition) is 1. The number of oxazole rings is 1. The van der Waals surface area contributed by atoms with Gasteiger partial charge in [0, 0.05) is 12.1 Å². The quantitative estimate of drug-likeness (QED) is 0.0998. The fraction of sp³-hybridized carbons (Fsp3) is 0.0435. The van der Waals surface area contributed by atoms with E-state index in [1.54, 1.807) is 30.3 Å². The van der Waals surface area contributed by atoms with Gasteiger partial charge in [-0.2, -0.15) is 5.10 Å². The average Bonchev–Trinajstić information content (AvgIpc) is 3.26. The molecule has 0 aliphatic carbocycles. The number of thioether (sulfide) groups is 1. The molecule has 0 spiro atoms. The van der Waals surface area contributed by atoms with Crippen molar-refractivity contribution in [2.45, 2.75) is 5.22 Å². The number of nitro benzene ring substituents is 1. The number of aromatic nitrogens is 1. The molecule has 0 bridgehead atoms. The van der Waals surface area contributed by atoms with Gasteiger partial charge in [0.05, 0.1) is 22.5 Å². The molecule has 0 fully saturated rings. The number of para-hydroxylation sites is 2. The molecular weight excluding hydrogens is 460 g/mol. The second-order valence-electron chi connectivity index (χ2n) is 6.80. The van der Waals surface area contributed by atoms with E-state index < -0.39 is 10.9 Å². The minimum absolute atomic E-state index is 0.0665. The number of non-ortho nitro benzene ring substituents is 1. The largest absolute Gasteiger partial charge is 0.431 e. The molecule has 1 heterocycles. The number of esters is 1. The van der Waals surface area contributed by atoms with Crippen LogP contribution in [0.2, 0.25) is 0 Å².